The Hall–Kier alpha value is -2.17. The molecule has 1 aromatic heterocycles. The van der Waals surface area contributed by atoms with E-state index in [2.05, 4.69) is 22.4 Å². The van der Waals surface area contributed by atoms with Gasteiger partial charge in [0.15, 0.2) is 0 Å². The fourth-order valence-electron chi connectivity index (χ4n) is 2.67. The van der Waals surface area contributed by atoms with Gasteiger partial charge >= 0.3 is 0 Å². The van der Waals surface area contributed by atoms with Crippen molar-refractivity contribution in [2.45, 2.75) is 32.9 Å². The zero-order chi connectivity index (χ0) is 17.1. The Morgan fingerprint density at radius 1 is 1.00 bits per heavy atom. The van der Waals surface area contributed by atoms with Crippen molar-refractivity contribution in [2.75, 3.05) is 0 Å². The van der Waals surface area contributed by atoms with E-state index in [-0.39, 0.29) is 12.1 Å². The first kappa shape index (κ1) is 16.7. The number of hydrogen-bond donors (Lipinski definition) is 1. The Morgan fingerprint density at radius 3 is 2.54 bits per heavy atom. The molecule has 3 aromatic rings. The molecule has 0 fully saturated rings. The molecule has 0 aliphatic heterocycles. The summed E-state index contributed by atoms with van der Waals surface area (Å²) in [6.07, 6.45) is 0. The van der Waals surface area contributed by atoms with Crippen molar-refractivity contribution in [1.29, 1.82) is 0 Å². The first-order valence-electron chi connectivity index (χ1n) is 7.95. The van der Waals surface area contributed by atoms with E-state index in [1.807, 2.05) is 62.4 Å². The van der Waals surface area contributed by atoms with Crippen molar-refractivity contribution >= 4 is 11.6 Å². The fraction of sp³-hybridized carbons (Fsp3) is 0.263. The van der Waals surface area contributed by atoms with E-state index in [0.717, 1.165) is 21.7 Å². The largest absolute Gasteiger partial charge is 0.419 e. The maximum absolute atomic E-state index is 6.26. The molecule has 1 N–H and O–H groups in total. The quantitative estimate of drug-likeness (QED) is 0.700. The Kier molecular flexibility index (Phi) is 4.97. The Bertz CT molecular complexity index is 831. The lowest BCUT2D eigenvalue weighted by Crippen LogP contribution is -2.23. The molecule has 1 heterocycles. The second-order valence-corrected chi connectivity index (χ2v) is 6.35. The van der Waals surface area contributed by atoms with Crippen molar-refractivity contribution in [3.05, 3.63) is 70.6 Å². The van der Waals surface area contributed by atoms with Crippen LogP contribution in [0.15, 0.2) is 52.9 Å². The monoisotopic (exact) mass is 341 g/mol. The SMILES string of the molecule is Cc1cccc(-c2nnc(C(C)NC(C)c3ccccc3Cl)o2)c1. The topological polar surface area (TPSA) is 51.0 Å². The second kappa shape index (κ2) is 7.16. The van der Waals surface area contributed by atoms with E-state index >= 15 is 0 Å². The van der Waals surface area contributed by atoms with Crippen LogP contribution in [0.25, 0.3) is 11.5 Å². The highest BCUT2D eigenvalue weighted by Gasteiger charge is 2.18. The van der Waals surface area contributed by atoms with Crippen LogP contribution in [0.4, 0.5) is 0 Å². The molecule has 124 valence electrons. The highest BCUT2D eigenvalue weighted by molar-refractivity contribution is 6.31. The summed E-state index contributed by atoms with van der Waals surface area (Å²) in [4.78, 5) is 0. The van der Waals surface area contributed by atoms with Crippen molar-refractivity contribution < 1.29 is 4.42 Å². The van der Waals surface area contributed by atoms with Gasteiger partial charge in [-0.15, -0.1) is 10.2 Å². The molecule has 3 rings (SSSR count). The van der Waals surface area contributed by atoms with Gasteiger partial charge in [-0.1, -0.05) is 47.5 Å². The van der Waals surface area contributed by atoms with E-state index in [1.54, 1.807) is 0 Å². The summed E-state index contributed by atoms with van der Waals surface area (Å²) in [5, 5.41) is 12.5. The molecule has 0 saturated carbocycles. The number of halogens is 1. The molecule has 0 saturated heterocycles. The molecule has 2 aromatic carbocycles. The first-order chi connectivity index (χ1) is 11.5. The van der Waals surface area contributed by atoms with Crippen LogP contribution in [0.3, 0.4) is 0 Å². The average molecular weight is 342 g/mol. The summed E-state index contributed by atoms with van der Waals surface area (Å²) in [6.45, 7) is 6.10. The minimum Gasteiger partial charge on any atom is -0.419 e. The highest BCUT2D eigenvalue weighted by Crippen LogP contribution is 2.26. The number of benzene rings is 2. The molecule has 0 spiro atoms. The van der Waals surface area contributed by atoms with Crippen molar-refractivity contribution in [2.24, 2.45) is 0 Å². The number of aromatic nitrogens is 2. The van der Waals surface area contributed by atoms with Gasteiger partial charge in [0.2, 0.25) is 11.8 Å². The van der Waals surface area contributed by atoms with Crippen LogP contribution in [0.1, 0.15) is 42.9 Å². The third-order valence-corrected chi connectivity index (χ3v) is 4.29. The van der Waals surface area contributed by atoms with Gasteiger partial charge < -0.3 is 4.42 Å². The summed E-state index contributed by atoms with van der Waals surface area (Å²) in [5.41, 5.74) is 3.13. The third kappa shape index (κ3) is 3.66. The first-order valence-corrected chi connectivity index (χ1v) is 8.33. The zero-order valence-corrected chi connectivity index (χ0v) is 14.7. The molecule has 0 aliphatic carbocycles. The molecule has 4 nitrogen and oxygen atoms in total. The van der Waals surface area contributed by atoms with Gasteiger partial charge in [0.1, 0.15) is 0 Å². The normalized spacial score (nSPS) is 13.7. The molecule has 2 unspecified atom stereocenters. The zero-order valence-electron chi connectivity index (χ0n) is 14.0. The van der Waals surface area contributed by atoms with Crippen molar-refractivity contribution in [3.63, 3.8) is 0 Å². The van der Waals surface area contributed by atoms with Crippen LogP contribution in [0.5, 0.6) is 0 Å². The maximum Gasteiger partial charge on any atom is 0.247 e. The van der Waals surface area contributed by atoms with Gasteiger partial charge in [-0.05, 0) is 44.5 Å². The number of hydrogen-bond acceptors (Lipinski definition) is 4. The van der Waals surface area contributed by atoms with Crippen LogP contribution < -0.4 is 5.32 Å². The standard InChI is InChI=1S/C19H20ClN3O/c1-12-7-6-8-15(11-12)19-23-22-18(24-19)14(3)21-13(2)16-9-4-5-10-17(16)20/h4-11,13-14,21H,1-3H3. The van der Waals surface area contributed by atoms with Crippen molar-refractivity contribution in [1.82, 2.24) is 15.5 Å². The Morgan fingerprint density at radius 2 is 1.79 bits per heavy atom. The lowest BCUT2D eigenvalue weighted by molar-refractivity contribution is 0.395. The van der Waals surface area contributed by atoms with Crippen LogP contribution in [-0.4, -0.2) is 10.2 Å². The molecule has 0 radical (unpaired) electrons. The molecular formula is C19H20ClN3O. The van der Waals surface area contributed by atoms with Gasteiger partial charge in [-0.25, -0.2) is 0 Å². The average Bonchev–Trinajstić information content (AvgIpc) is 3.05. The van der Waals surface area contributed by atoms with Crippen LogP contribution in [0, 0.1) is 6.92 Å². The van der Waals surface area contributed by atoms with Gasteiger partial charge in [0, 0.05) is 16.6 Å². The predicted octanol–water partition coefficient (Wildman–Crippen LogP) is 5.11. The van der Waals surface area contributed by atoms with Gasteiger partial charge in [0.25, 0.3) is 0 Å². The van der Waals surface area contributed by atoms with Gasteiger partial charge in [0.05, 0.1) is 6.04 Å². The van der Waals surface area contributed by atoms with E-state index in [1.165, 1.54) is 0 Å². The van der Waals surface area contributed by atoms with Crippen molar-refractivity contribution in [3.8, 4) is 11.5 Å². The smallest absolute Gasteiger partial charge is 0.247 e. The van der Waals surface area contributed by atoms with E-state index in [0.29, 0.717) is 11.8 Å². The molecule has 5 heteroatoms. The molecule has 0 bridgehead atoms. The van der Waals surface area contributed by atoms with E-state index in [9.17, 15) is 0 Å². The second-order valence-electron chi connectivity index (χ2n) is 5.95. The minimum absolute atomic E-state index is 0.0722. The number of aryl methyl sites for hydroxylation is 1. The van der Waals surface area contributed by atoms with Gasteiger partial charge in [-0.2, -0.15) is 0 Å². The number of nitrogens with one attached hydrogen (secondary N) is 1. The predicted molar refractivity (Wildman–Crippen MR) is 95.9 cm³/mol. The Balaban J connectivity index is 1.74. The summed E-state index contributed by atoms with van der Waals surface area (Å²) in [5.74, 6) is 1.10. The summed E-state index contributed by atoms with van der Waals surface area (Å²) >= 11 is 6.26. The third-order valence-electron chi connectivity index (χ3n) is 3.95. The number of rotatable bonds is 5. The summed E-state index contributed by atoms with van der Waals surface area (Å²) < 4.78 is 5.84. The van der Waals surface area contributed by atoms with Crippen LogP contribution in [0.2, 0.25) is 5.02 Å². The van der Waals surface area contributed by atoms with Gasteiger partial charge in [-0.3, -0.25) is 5.32 Å². The molecule has 2 atom stereocenters. The Labute approximate surface area is 146 Å². The lowest BCUT2D eigenvalue weighted by atomic mass is 10.1. The molecule has 24 heavy (non-hydrogen) atoms. The van der Waals surface area contributed by atoms with E-state index < -0.39 is 0 Å². The number of nitrogens with zero attached hydrogens (tertiary/aromatic N) is 2. The van der Waals surface area contributed by atoms with E-state index in [4.69, 9.17) is 16.0 Å². The minimum atomic E-state index is -0.0812. The fourth-order valence-corrected chi connectivity index (χ4v) is 2.97. The van der Waals surface area contributed by atoms with Crippen LogP contribution >= 0.6 is 11.6 Å². The lowest BCUT2D eigenvalue weighted by Gasteiger charge is -2.18. The maximum atomic E-state index is 6.26. The van der Waals surface area contributed by atoms with Crippen LogP contribution in [-0.2, 0) is 0 Å². The molecule has 0 amide bonds. The molecular weight excluding hydrogens is 322 g/mol. The summed E-state index contributed by atoms with van der Waals surface area (Å²) in [6, 6.07) is 15.8. The molecule has 0 aliphatic rings. The summed E-state index contributed by atoms with van der Waals surface area (Å²) in [7, 11) is 0. The highest BCUT2D eigenvalue weighted by atomic mass is 35.5.